The molecule has 1 saturated heterocycles. The van der Waals surface area contributed by atoms with Crippen LogP contribution in [0.2, 0.25) is 0 Å². The number of sulfonamides is 1. The predicted molar refractivity (Wildman–Crippen MR) is 135 cm³/mol. The van der Waals surface area contributed by atoms with Crippen molar-refractivity contribution in [2.24, 2.45) is 0 Å². The van der Waals surface area contributed by atoms with Gasteiger partial charge in [-0.15, -0.1) is 0 Å². The standard InChI is InChI=1S/C27H26FNO9S/c1-33-20-9-8-18(23(26(20)34-2)27(30)35-3)24-25(38-24)19-13-22-21(36-14-37-22)12-15(19)10-11-29-39(31,32)17-6-4-16(28)5-7-17/h4-9,12-13,24-25,29H,10-11,14H2,1-3H3. The number of hydrogen-bond acceptors (Lipinski definition) is 9. The van der Waals surface area contributed by atoms with Crippen LogP contribution in [0.4, 0.5) is 4.39 Å². The molecule has 5 rings (SSSR count). The smallest absolute Gasteiger partial charge is 0.342 e. The van der Waals surface area contributed by atoms with Crippen LogP contribution in [0.1, 0.15) is 39.3 Å². The van der Waals surface area contributed by atoms with E-state index in [-0.39, 0.29) is 29.5 Å². The SMILES string of the molecule is COC(=O)c1c(C2OC2c2cc3c(cc2CCNS(=O)(=O)c2ccc(F)cc2)OCO3)ccc(OC)c1OC. The molecule has 1 fully saturated rings. The molecular weight excluding hydrogens is 533 g/mol. The van der Waals surface area contributed by atoms with Crippen molar-refractivity contribution in [3.05, 3.63) is 76.6 Å². The van der Waals surface area contributed by atoms with Gasteiger partial charge in [-0.2, -0.15) is 0 Å². The summed E-state index contributed by atoms with van der Waals surface area (Å²) in [5.41, 5.74) is 2.29. The zero-order valence-corrected chi connectivity index (χ0v) is 22.2. The van der Waals surface area contributed by atoms with Gasteiger partial charge in [0.15, 0.2) is 23.0 Å². The topological polar surface area (TPSA) is 122 Å². The quantitative estimate of drug-likeness (QED) is 0.293. The van der Waals surface area contributed by atoms with Gasteiger partial charge in [0.2, 0.25) is 16.8 Å². The molecule has 0 bridgehead atoms. The van der Waals surface area contributed by atoms with Crippen molar-refractivity contribution < 1.29 is 46.0 Å². The average molecular weight is 560 g/mol. The zero-order valence-electron chi connectivity index (χ0n) is 21.4. The van der Waals surface area contributed by atoms with Crippen molar-refractivity contribution in [1.82, 2.24) is 4.72 Å². The van der Waals surface area contributed by atoms with Crippen LogP contribution in [-0.2, 0) is 25.9 Å². The lowest BCUT2D eigenvalue weighted by atomic mass is 9.94. The molecule has 0 amide bonds. The maximum atomic E-state index is 13.2. The Morgan fingerprint density at radius 3 is 2.33 bits per heavy atom. The number of hydrogen-bond donors (Lipinski definition) is 1. The van der Waals surface area contributed by atoms with Crippen LogP contribution in [-0.4, -0.2) is 49.1 Å². The van der Waals surface area contributed by atoms with Crippen molar-refractivity contribution in [1.29, 1.82) is 0 Å². The van der Waals surface area contributed by atoms with E-state index in [4.69, 9.17) is 28.4 Å². The number of nitrogens with one attached hydrogen (secondary N) is 1. The number of carbonyl (C=O) groups is 1. The summed E-state index contributed by atoms with van der Waals surface area (Å²) in [4.78, 5) is 12.7. The van der Waals surface area contributed by atoms with Crippen LogP contribution >= 0.6 is 0 Å². The highest BCUT2D eigenvalue weighted by atomic mass is 32.2. The van der Waals surface area contributed by atoms with Gasteiger partial charge in [-0.05, 0) is 60.0 Å². The lowest BCUT2D eigenvalue weighted by Crippen LogP contribution is -2.26. The van der Waals surface area contributed by atoms with Gasteiger partial charge in [0.1, 0.15) is 23.6 Å². The van der Waals surface area contributed by atoms with Crippen molar-refractivity contribution in [2.75, 3.05) is 34.7 Å². The Balaban J connectivity index is 1.42. The zero-order chi connectivity index (χ0) is 27.7. The van der Waals surface area contributed by atoms with E-state index in [0.717, 1.165) is 23.3 Å². The molecule has 2 aliphatic rings. The summed E-state index contributed by atoms with van der Waals surface area (Å²) in [6, 6.07) is 11.6. The molecule has 206 valence electrons. The number of halogens is 1. The van der Waals surface area contributed by atoms with Crippen LogP contribution in [0, 0.1) is 5.82 Å². The summed E-state index contributed by atoms with van der Waals surface area (Å²) < 4.78 is 74.0. The van der Waals surface area contributed by atoms with Crippen LogP contribution in [0.15, 0.2) is 53.4 Å². The summed E-state index contributed by atoms with van der Waals surface area (Å²) in [7, 11) is 0.337. The van der Waals surface area contributed by atoms with E-state index in [1.54, 1.807) is 24.3 Å². The molecule has 2 atom stereocenters. The minimum absolute atomic E-state index is 0.0378. The molecule has 0 aliphatic carbocycles. The van der Waals surface area contributed by atoms with Crippen LogP contribution < -0.4 is 23.7 Å². The number of benzene rings is 3. The molecule has 2 heterocycles. The summed E-state index contributed by atoms with van der Waals surface area (Å²) in [5, 5.41) is 0. The maximum Gasteiger partial charge on any atom is 0.342 e. The number of rotatable bonds is 10. The largest absolute Gasteiger partial charge is 0.493 e. The molecule has 2 unspecified atom stereocenters. The van der Waals surface area contributed by atoms with Gasteiger partial charge < -0.3 is 28.4 Å². The highest BCUT2D eigenvalue weighted by Crippen LogP contribution is 2.56. The van der Waals surface area contributed by atoms with Gasteiger partial charge in [0.25, 0.3) is 0 Å². The fourth-order valence-corrected chi connectivity index (χ4v) is 5.61. The molecule has 3 aromatic carbocycles. The molecule has 10 nitrogen and oxygen atoms in total. The lowest BCUT2D eigenvalue weighted by molar-refractivity contribution is 0.0594. The third-order valence-electron chi connectivity index (χ3n) is 6.52. The Morgan fingerprint density at radius 2 is 1.67 bits per heavy atom. The molecule has 12 heteroatoms. The van der Waals surface area contributed by atoms with Crippen molar-refractivity contribution in [3.63, 3.8) is 0 Å². The molecule has 0 saturated carbocycles. The Kier molecular flexibility index (Phi) is 7.34. The first kappa shape index (κ1) is 26.7. The van der Waals surface area contributed by atoms with E-state index in [2.05, 4.69) is 4.72 Å². The van der Waals surface area contributed by atoms with Gasteiger partial charge in [-0.3, -0.25) is 0 Å². The Bertz CT molecular complexity index is 1510. The summed E-state index contributed by atoms with van der Waals surface area (Å²) >= 11 is 0. The van der Waals surface area contributed by atoms with Crippen LogP contribution in [0.3, 0.4) is 0 Å². The minimum atomic E-state index is -3.84. The second-order valence-corrected chi connectivity index (χ2v) is 10.5. The van der Waals surface area contributed by atoms with Crippen molar-refractivity contribution >= 4 is 16.0 Å². The lowest BCUT2D eigenvalue weighted by Gasteiger charge is -2.15. The van der Waals surface area contributed by atoms with E-state index in [9.17, 15) is 17.6 Å². The number of carbonyl (C=O) groups excluding carboxylic acids is 1. The molecule has 3 aromatic rings. The molecule has 2 aliphatic heterocycles. The molecule has 0 aromatic heterocycles. The number of epoxide rings is 1. The summed E-state index contributed by atoms with van der Waals surface area (Å²) in [6.07, 6.45) is -0.659. The normalized spacial score (nSPS) is 17.5. The van der Waals surface area contributed by atoms with E-state index >= 15 is 0 Å². The van der Waals surface area contributed by atoms with E-state index < -0.39 is 34.0 Å². The van der Waals surface area contributed by atoms with Crippen LogP contribution in [0.5, 0.6) is 23.0 Å². The molecule has 0 spiro atoms. The van der Waals surface area contributed by atoms with Gasteiger partial charge in [-0.1, -0.05) is 6.07 Å². The molecule has 0 radical (unpaired) electrons. The summed E-state index contributed by atoms with van der Waals surface area (Å²) in [6.45, 7) is 0.125. The number of ether oxygens (including phenoxy) is 6. The second kappa shape index (κ2) is 10.7. The second-order valence-electron chi connectivity index (χ2n) is 8.74. The molecule has 1 N–H and O–H groups in total. The molecular formula is C27H26FNO9S. The van der Waals surface area contributed by atoms with E-state index in [0.29, 0.717) is 29.2 Å². The maximum absolute atomic E-state index is 13.2. The highest BCUT2D eigenvalue weighted by Gasteiger charge is 2.46. The van der Waals surface area contributed by atoms with Crippen molar-refractivity contribution in [2.45, 2.75) is 23.5 Å². The first-order chi connectivity index (χ1) is 18.8. The summed E-state index contributed by atoms with van der Waals surface area (Å²) in [5.74, 6) is 0.552. The van der Waals surface area contributed by atoms with Crippen molar-refractivity contribution in [3.8, 4) is 23.0 Å². The third-order valence-corrected chi connectivity index (χ3v) is 7.99. The fraction of sp³-hybridized carbons (Fsp3) is 0.296. The molecule has 39 heavy (non-hydrogen) atoms. The predicted octanol–water partition coefficient (Wildman–Crippen LogP) is 3.69. The van der Waals surface area contributed by atoms with Gasteiger partial charge in [0, 0.05) is 12.1 Å². The van der Waals surface area contributed by atoms with E-state index in [1.165, 1.54) is 33.5 Å². The highest BCUT2D eigenvalue weighted by molar-refractivity contribution is 7.89. The number of methoxy groups -OCH3 is 3. The van der Waals surface area contributed by atoms with Gasteiger partial charge in [0.05, 0.1) is 26.2 Å². The number of esters is 1. The number of fused-ring (bicyclic) bond motifs is 1. The fourth-order valence-electron chi connectivity index (χ4n) is 4.58. The van der Waals surface area contributed by atoms with Gasteiger partial charge >= 0.3 is 5.97 Å². The minimum Gasteiger partial charge on any atom is -0.493 e. The third kappa shape index (κ3) is 5.22. The van der Waals surface area contributed by atoms with Crippen LogP contribution in [0.25, 0.3) is 0 Å². The Labute approximate surface area is 224 Å². The Morgan fingerprint density at radius 1 is 0.974 bits per heavy atom. The monoisotopic (exact) mass is 559 g/mol. The first-order valence-corrected chi connectivity index (χ1v) is 13.4. The first-order valence-electron chi connectivity index (χ1n) is 11.9. The van der Waals surface area contributed by atoms with E-state index in [1.807, 2.05) is 0 Å². The average Bonchev–Trinajstić information content (AvgIpc) is 3.60. The van der Waals surface area contributed by atoms with Gasteiger partial charge in [-0.25, -0.2) is 22.3 Å². The Hall–Kier alpha value is -3.87.